The van der Waals surface area contributed by atoms with E-state index in [1.165, 1.54) is 22.7 Å². The zero-order valence-corrected chi connectivity index (χ0v) is 13.8. The third kappa shape index (κ3) is 2.58. The molecule has 3 aromatic rings. The Labute approximate surface area is 130 Å². The summed E-state index contributed by atoms with van der Waals surface area (Å²) in [6.45, 7) is 5.63. The average molecular weight is 321 g/mol. The van der Waals surface area contributed by atoms with Gasteiger partial charge in [-0.2, -0.15) is 0 Å². The number of benzene rings is 1. The molecule has 7 heteroatoms. The molecule has 1 aromatic carbocycles. The van der Waals surface area contributed by atoms with Crippen molar-refractivity contribution in [3.05, 3.63) is 12.1 Å². The Bertz CT molecular complexity index is 830. The third-order valence-electron chi connectivity index (χ3n) is 2.97. The van der Waals surface area contributed by atoms with Crippen LogP contribution in [0.15, 0.2) is 12.1 Å². The van der Waals surface area contributed by atoms with Gasteiger partial charge in [0.05, 0.1) is 27.5 Å². The van der Waals surface area contributed by atoms with Crippen molar-refractivity contribution in [2.45, 2.75) is 20.8 Å². The van der Waals surface area contributed by atoms with E-state index in [1.54, 1.807) is 7.11 Å². The van der Waals surface area contributed by atoms with Gasteiger partial charge in [0, 0.05) is 5.41 Å². The lowest BCUT2D eigenvalue weighted by Crippen LogP contribution is -2.27. The van der Waals surface area contributed by atoms with Gasteiger partial charge in [-0.05, 0) is 12.1 Å². The number of hydrogen-bond acceptors (Lipinski definition) is 6. The lowest BCUT2D eigenvalue weighted by Gasteiger charge is -2.15. The van der Waals surface area contributed by atoms with Crippen molar-refractivity contribution >= 4 is 54.1 Å². The van der Waals surface area contributed by atoms with E-state index in [2.05, 4.69) is 15.3 Å². The fraction of sp³-hybridized carbons (Fsp3) is 0.357. The van der Waals surface area contributed by atoms with Crippen molar-refractivity contribution < 1.29 is 9.53 Å². The zero-order chi connectivity index (χ0) is 15.2. The van der Waals surface area contributed by atoms with Crippen LogP contribution in [0.25, 0.3) is 20.4 Å². The number of carbonyl (C=O) groups is 1. The second-order valence-electron chi connectivity index (χ2n) is 5.67. The van der Waals surface area contributed by atoms with Gasteiger partial charge in [0.1, 0.15) is 0 Å². The molecule has 5 nitrogen and oxygen atoms in total. The number of carbonyl (C=O) groups excluding carboxylic acids is 1. The first-order valence-electron chi connectivity index (χ1n) is 6.44. The Morgan fingerprint density at radius 2 is 1.76 bits per heavy atom. The topological polar surface area (TPSA) is 64.1 Å². The van der Waals surface area contributed by atoms with Crippen LogP contribution in [-0.4, -0.2) is 23.0 Å². The largest absolute Gasteiger partial charge is 0.473 e. The lowest BCUT2D eigenvalue weighted by atomic mass is 9.96. The highest BCUT2D eigenvalue weighted by Gasteiger charge is 2.22. The van der Waals surface area contributed by atoms with Crippen molar-refractivity contribution in [3.63, 3.8) is 0 Å². The minimum atomic E-state index is -0.444. The van der Waals surface area contributed by atoms with E-state index in [-0.39, 0.29) is 5.91 Å². The molecule has 0 aliphatic rings. The number of fused-ring (bicyclic) bond motifs is 3. The molecule has 0 spiro atoms. The number of amides is 1. The SMILES string of the molecule is COc1nc2ccc3nc(NC(=O)C(C)(C)C)sc3c2s1. The van der Waals surface area contributed by atoms with Crippen molar-refractivity contribution in [1.82, 2.24) is 9.97 Å². The lowest BCUT2D eigenvalue weighted by molar-refractivity contribution is -0.123. The monoisotopic (exact) mass is 321 g/mol. The Hall–Kier alpha value is -1.73. The van der Waals surface area contributed by atoms with Crippen LogP contribution in [0.3, 0.4) is 0 Å². The van der Waals surface area contributed by atoms with Crippen LogP contribution in [0.2, 0.25) is 0 Å². The molecule has 0 saturated heterocycles. The summed E-state index contributed by atoms with van der Waals surface area (Å²) in [6.07, 6.45) is 0. The molecule has 0 fully saturated rings. The summed E-state index contributed by atoms with van der Waals surface area (Å²) in [4.78, 5) is 20.9. The molecule has 1 amide bonds. The van der Waals surface area contributed by atoms with E-state index >= 15 is 0 Å². The van der Waals surface area contributed by atoms with Crippen LogP contribution >= 0.6 is 22.7 Å². The number of hydrogen-bond donors (Lipinski definition) is 1. The Morgan fingerprint density at radius 1 is 1.14 bits per heavy atom. The number of rotatable bonds is 2. The maximum atomic E-state index is 12.1. The van der Waals surface area contributed by atoms with E-state index in [0.29, 0.717) is 10.3 Å². The number of methoxy groups -OCH3 is 1. The van der Waals surface area contributed by atoms with E-state index in [1.807, 2.05) is 32.9 Å². The normalized spacial score (nSPS) is 12.0. The quantitative estimate of drug-likeness (QED) is 0.777. The van der Waals surface area contributed by atoms with Crippen molar-refractivity contribution in [3.8, 4) is 5.19 Å². The molecular weight excluding hydrogens is 306 g/mol. The van der Waals surface area contributed by atoms with Crippen LogP contribution in [-0.2, 0) is 4.79 Å². The molecule has 0 saturated carbocycles. The van der Waals surface area contributed by atoms with E-state index in [4.69, 9.17) is 4.74 Å². The summed E-state index contributed by atoms with van der Waals surface area (Å²) >= 11 is 2.96. The molecule has 110 valence electrons. The molecule has 2 heterocycles. The summed E-state index contributed by atoms with van der Waals surface area (Å²) in [6, 6.07) is 3.84. The molecule has 3 rings (SSSR count). The van der Waals surface area contributed by atoms with Crippen LogP contribution in [0, 0.1) is 5.41 Å². The smallest absolute Gasteiger partial charge is 0.274 e. The predicted molar refractivity (Wildman–Crippen MR) is 87.4 cm³/mol. The number of nitrogens with one attached hydrogen (secondary N) is 1. The number of anilines is 1. The molecule has 0 bridgehead atoms. The van der Waals surface area contributed by atoms with Gasteiger partial charge < -0.3 is 10.1 Å². The highest BCUT2D eigenvalue weighted by molar-refractivity contribution is 7.29. The van der Waals surface area contributed by atoms with Gasteiger partial charge in [0.25, 0.3) is 5.19 Å². The fourth-order valence-corrected chi connectivity index (χ4v) is 3.74. The molecule has 0 aliphatic carbocycles. The van der Waals surface area contributed by atoms with Crippen molar-refractivity contribution in [2.75, 3.05) is 12.4 Å². The first-order valence-corrected chi connectivity index (χ1v) is 8.07. The van der Waals surface area contributed by atoms with Gasteiger partial charge in [0.15, 0.2) is 5.13 Å². The van der Waals surface area contributed by atoms with Crippen LogP contribution in [0.4, 0.5) is 5.13 Å². The van der Waals surface area contributed by atoms with E-state index in [9.17, 15) is 4.79 Å². The minimum absolute atomic E-state index is 0.0420. The molecule has 0 radical (unpaired) electrons. The Kier molecular flexibility index (Phi) is 3.33. The van der Waals surface area contributed by atoms with Gasteiger partial charge in [-0.25, -0.2) is 9.97 Å². The summed E-state index contributed by atoms with van der Waals surface area (Å²) < 4.78 is 7.25. The number of nitrogens with zero attached hydrogens (tertiary/aromatic N) is 2. The van der Waals surface area contributed by atoms with Gasteiger partial charge >= 0.3 is 0 Å². The number of aromatic nitrogens is 2. The summed E-state index contributed by atoms with van der Waals surface area (Å²) in [5.74, 6) is -0.0420. The van der Waals surface area contributed by atoms with E-state index in [0.717, 1.165) is 20.4 Å². The maximum Gasteiger partial charge on any atom is 0.274 e. The second-order valence-corrected chi connectivity index (χ2v) is 7.63. The molecule has 0 unspecified atom stereocenters. The Morgan fingerprint density at radius 3 is 2.38 bits per heavy atom. The molecule has 2 aromatic heterocycles. The van der Waals surface area contributed by atoms with Gasteiger partial charge in [-0.3, -0.25) is 4.79 Å². The molecule has 21 heavy (non-hydrogen) atoms. The van der Waals surface area contributed by atoms with Gasteiger partial charge in [-0.15, -0.1) is 0 Å². The molecule has 0 atom stereocenters. The second kappa shape index (κ2) is 4.92. The summed E-state index contributed by atoms with van der Waals surface area (Å²) in [7, 11) is 1.61. The predicted octanol–water partition coefficient (Wildman–Crippen LogP) is 3.90. The fourth-order valence-electron chi connectivity index (χ4n) is 1.78. The van der Waals surface area contributed by atoms with Crippen LogP contribution < -0.4 is 10.1 Å². The minimum Gasteiger partial charge on any atom is -0.473 e. The number of ether oxygens (including phenoxy) is 1. The standard InChI is InChI=1S/C14H15N3O2S2/c1-14(2,3)11(18)17-12-15-7-5-6-8-10(9(7)20-12)21-13(16-8)19-4/h5-6H,1-4H3,(H,15,17,18). The van der Waals surface area contributed by atoms with Gasteiger partial charge in [0.2, 0.25) is 5.91 Å². The van der Waals surface area contributed by atoms with Gasteiger partial charge in [-0.1, -0.05) is 43.4 Å². The van der Waals surface area contributed by atoms with Crippen LogP contribution in [0.1, 0.15) is 20.8 Å². The Balaban J connectivity index is 2.05. The maximum absolute atomic E-state index is 12.1. The first kappa shape index (κ1) is 14.2. The highest BCUT2D eigenvalue weighted by atomic mass is 32.1. The summed E-state index contributed by atoms with van der Waals surface area (Å²) in [5.41, 5.74) is 1.31. The van der Waals surface area contributed by atoms with Crippen molar-refractivity contribution in [2.24, 2.45) is 5.41 Å². The first-order chi connectivity index (χ1) is 9.88. The average Bonchev–Trinajstić information content (AvgIpc) is 2.98. The van der Waals surface area contributed by atoms with Crippen LogP contribution in [0.5, 0.6) is 5.19 Å². The summed E-state index contributed by atoms with van der Waals surface area (Å²) in [5, 5.41) is 4.12. The highest BCUT2D eigenvalue weighted by Crippen LogP contribution is 2.38. The van der Waals surface area contributed by atoms with E-state index < -0.39 is 5.41 Å². The molecule has 1 N–H and O–H groups in total. The van der Waals surface area contributed by atoms with Crippen molar-refractivity contribution in [1.29, 1.82) is 0 Å². The number of thiazole rings is 2. The molecular formula is C14H15N3O2S2. The zero-order valence-electron chi connectivity index (χ0n) is 12.2. The third-order valence-corrected chi connectivity index (χ3v) is 5.15. The molecule has 0 aliphatic heterocycles.